The highest BCUT2D eigenvalue weighted by Gasteiger charge is 2.47. The molecule has 2 aliphatic heterocycles. The first kappa shape index (κ1) is 13.2. The van der Waals surface area contributed by atoms with Crippen molar-refractivity contribution in [3.05, 3.63) is 23.0 Å². The van der Waals surface area contributed by atoms with Crippen molar-refractivity contribution in [3.63, 3.8) is 0 Å². The standard InChI is InChI=1S/C16H25NO2/c1-11-9-14-12(2)10-19-16(4,15(14)13(11)3)17-5-7-18-8-6-17/h10-11,13H,5-9H2,1-4H3. The monoisotopic (exact) mass is 263 g/mol. The molecule has 0 N–H and O–H groups in total. The molecular weight excluding hydrogens is 238 g/mol. The summed E-state index contributed by atoms with van der Waals surface area (Å²) in [7, 11) is 0. The number of nitrogens with zero attached hydrogens (tertiary/aromatic N) is 1. The van der Waals surface area contributed by atoms with E-state index in [1.54, 1.807) is 5.57 Å². The Morgan fingerprint density at radius 2 is 1.95 bits per heavy atom. The fourth-order valence-corrected chi connectivity index (χ4v) is 3.82. The Kier molecular flexibility index (Phi) is 3.22. The summed E-state index contributed by atoms with van der Waals surface area (Å²) in [5, 5.41) is 0. The highest BCUT2D eigenvalue weighted by atomic mass is 16.5. The van der Waals surface area contributed by atoms with Crippen LogP contribution < -0.4 is 0 Å². The average Bonchev–Trinajstić information content (AvgIpc) is 2.73. The lowest BCUT2D eigenvalue weighted by Gasteiger charge is -2.46. The molecule has 0 aromatic rings. The first-order chi connectivity index (χ1) is 9.04. The highest BCUT2D eigenvalue weighted by Crippen LogP contribution is 2.49. The van der Waals surface area contributed by atoms with E-state index >= 15 is 0 Å². The predicted molar refractivity (Wildman–Crippen MR) is 75.6 cm³/mol. The van der Waals surface area contributed by atoms with E-state index in [-0.39, 0.29) is 5.72 Å². The molecule has 2 heterocycles. The van der Waals surface area contributed by atoms with Crippen LogP contribution in [0.2, 0.25) is 0 Å². The molecule has 3 rings (SSSR count). The Morgan fingerprint density at radius 1 is 1.26 bits per heavy atom. The molecule has 3 heteroatoms. The van der Waals surface area contributed by atoms with Gasteiger partial charge in [0, 0.05) is 13.1 Å². The summed E-state index contributed by atoms with van der Waals surface area (Å²) in [5.74, 6) is 1.32. The third-order valence-corrected chi connectivity index (χ3v) is 5.22. The van der Waals surface area contributed by atoms with Crippen LogP contribution in [0.5, 0.6) is 0 Å². The SMILES string of the molecule is CC1=COC(C)(N2CCOCC2)C2=C1CC(C)C2C. The molecule has 0 spiro atoms. The van der Waals surface area contributed by atoms with Crippen molar-refractivity contribution in [2.45, 2.75) is 39.8 Å². The first-order valence-corrected chi connectivity index (χ1v) is 7.45. The molecule has 1 saturated heterocycles. The molecule has 3 atom stereocenters. The van der Waals surface area contributed by atoms with Crippen molar-refractivity contribution in [2.75, 3.05) is 26.3 Å². The summed E-state index contributed by atoms with van der Waals surface area (Å²) in [5.41, 5.74) is 4.11. The number of ether oxygens (including phenoxy) is 2. The van der Waals surface area contributed by atoms with Crippen LogP contribution in [0.15, 0.2) is 23.0 Å². The molecule has 0 saturated carbocycles. The van der Waals surface area contributed by atoms with Crippen molar-refractivity contribution >= 4 is 0 Å². The summed E-state index contributed by atoms with van der Waals surface area (Å²) in [4.78, 5) is 2.45. The normalized spacial score (nSPS) is 39.9. The van der Waals surface area contributed by atoms with E-state index in [0.29, 0.717) is 5.92 Å². The summed E-state index contributed by atoms with van der Waals surface area (Å²) < 4.78 is 11.7. The van der Waals surface area contributed by atoms with Crippen LogP contribution in [0.4, 0.5) is 0 Å². The predicted octanol–water partition coefficient (Wildman–Crippen LogP) is 2.94. The van der Waals surface area contributed by atoms with Crippen LogP contribution in [0, 0.1) is 11.8 Å². The van der Waals surface area contributed by atoms with Crippen LogP contribution >= 0.6 is 0 Å². The Labute approximate surface area is 116 Å². The number of allylic oxidation sites excluding steroid dienone is 2. The number of hydrogen-bond acceptors (Lipinski definition) is 3. The van der Waals surface area contributed by atoms with E-state index in [1.165, 1.54) is 17.6 Å². The fourth-order valence-electron chi connectivity index (χ4n) is 3.82. The van der Waals surface area contributed by atoms with Crippen molar-refractivity contribution in [2.24, 2.45) is 11.8 Å². The smallest absolute Gasteiger partial charge is 0.182 e. The quantitative estimate of drug-likeness (QED) is 0.726. The largest absolute Gasteiger partial charge is 0.476 e. The molecule has 3 nitrogen and oxygen atoms in total. The second-order valence-electron chi connectivity index (χ2n) is 6.36. The molecule has 0 bridgehead atoms. The molecule has 3 aliphatic rings. The molecule has 0 aromatic carbocycles. The van der Waals surface area contributed by atoms with Crippen LogP contribution in [-0.2, 0) is 9.47 Å². The number of morpholine rings is 1. The van der Waals surface area contributed by atoms with Crippen molar-refractivity contribution < 1.29 is 9.47 Å². The van der Waals surface area contributed by atoms with E-state index in [0.717, 1.165) is 32.2 Å². The fraction of sp³-hybridized carbons (Fsp3) is 0.750. The van der Waals surface area contributed by atoms with Gasteiger partial charge in [-0.25, -0.2) is 0 Å². The third-order valence-electron chi connectivity index (χ3n) is 5.22. The van der Waals surface area contributed by atoms with E-state index in [9.17, 15) is 0 Å². The minimum Gasteiger partial charge on any atom is -0.476 e. The van der Waals surface area contributed by atoms with Gasteiger partial charge in [0.25, 0.3) is 0 Å². The zero-order valence-corrected chi connectivity index (χ0v) is 12.5. The van der Waals surface area contributed by atoms with Gasteiger partial charge in [-0.3, -0.25) is 4.90 Å². The second-order valence-corrected chi connectivity index (χ2v) is 6.36. The molecule has 0 amide bonds. The zero-order valence-electron chi connectivity index (χ0n) is 12.5. The maximum Gasteiger partial charge on any atom is 0.182 e. The van der Waals surface area contributed by atoms with Crippen LogP contribution in [-0.4, -0.2) is 36.9 Å². The van der Waals surface area contributed by atoms with Gasteiger partial charge in [0.1, 0.15) is 0 Å². The van der Waals surface area contributed by atoms with Crippen molar-refractivity contribution in [1.29, 1.82) is 0 Å². The van der Waals surface area contributed by atoms with Gasteiger partial charge < -0.3 is 9.47 Å². The average molecular weight is 263 g/mol. The first-order valence-electron chi connectivity index (χ1n) is 7.45. The topological polar surface area (TPSA) is 21.7 Å². The lowest BCUT2D eigenvalue weighted by molar-refractivity contribution is -0.118. The van der Waals surface area contributed by atoms with Gasteiger partial charge in [-0.1, -0.05) is 13.8 Å². The van der Waals surface area contributed by atoms with E-state index < -0.39 is 0 Å². The lowest BCUT2D eigenvalue weighted by atomic mass is 9.86. The molecular formula is C16H25NO2. The van der Waals surface area contributed by atoms with E-state index in [4.69, 9.17) is 9.47 Å². The van der Waals surface area contributed by atoms with E-state index in [1.807, 2.05) is 6.26 Å². The van der Waals surface area contributed by atoms with Crippen LogP contribution in [0.25, 0.3) is 0 Å². The summed E-state index contributed by atoms with van der Waals surface area (Å²) in [6, 6.07) is 0. The summed E-state index contributed by atoms with van der Waals surface area (Å²) >= 11 is 0. The molecule has 0 aromatic heterocycles. The van der Waals surface area contributed by atoms with Gasteiger partial charge in [-0.05, 0) is 48.8 Å². The molecule has 1 aliphatic carbocycles. The zero-order chi connectivity index (χ0) is 13.6. The molecule has 0 radical (unpaired) electrons. The Bertz CT molecular complexity index is 434. The van der Waals surface area contributed by atoms with Gasteiger partial charge >= 0.3 is 0 Å². The maximum atomic E-state index is 6.20. The minimum atomic E-state index is -0.261. The minimum absolute atomic E-state index is 0.261. The number of hydrogen-bond donors (Lipinski definition) is 0. The van der Waals surface area contributed by atoms with Gasteiger partial charge in [0.15, 0.2) is 5.72 Å². The van der Waals surface area contributed by atoms with Crippen molar-refractivity contribution in [3.8, 4) is 0 Å². The van der Waals surface area contributed by atoms with Gasteiger partial charge in [0.05, 0.1) is 19.5 Å². The van der Waals surface area contributed by atoms with Gasteiger partial charge in [-0.2, -0.15) is 0 Å². The summed E-state index contributed by atoms with van der Waals surface area (Å²) in [6.07, 6.45) is 3.17. The molecule has 106 valence electrons. The van der Waals surface area contributed by atoms with Crippen LogP contribution in [0.1, 0.15) is 34.1 Å². The Hall–Kier alpha value is -0.800. The Balaban J connectivity index is 1.98. The Morgan fingerprint density at radius 3 is 2.63 bits per heavy atom. The molecule has 1 fully saturated rings. The molecule has 3 unspecified atom stereocenters. The lowest BCUT2D eigenvalue weighted by Crippen LogP contribution is -2.55. The van der Waals surface area contributed by atoms with Crippen molar-refractivity contribution in [1.82, 2.24) is 4.90 Å². The molecule has 19 heavy (non-hydrogen) atoms. The van der Waals surface area contributed by atoms with Crippen LogP contribution in [0.3, 0.4) is 0 Å². The number of rotatable bonds is 1. The van der Waals surface area contributed by atoms with E-state index in [2.05, 4.69) is 32.6 Å². The van der Waals surface area contributed by atoms with Gasteiger partial charge in [-0.15, -0.1) is 0 Å². The van der Waals surface area contributed by atoms with Gasteiger partial charge in [0.2, 0.25) is 0 Å². The highest BCUT2D eigenvalue weighted by molar-refractivity contribution is 5.44. The maximum absolute atomic E-state index is 6.20. The second kappa shape index (κ2) is 4.64. The third kappa shape index (κ3) is 1.95. The summed E-state index contributed by atoms with van der Waals surface area (Å²) in [6.45, 7) is 12.7.